The minimum atomic E-state index is -0.762. The van der Waals surface area contributed by atoms with Crippen molar-refractivity contribution in [3.05, 3.63) is 35.4 Å². The zero-order valence-electron chi connectivity index (χ0n) is 10.4. The Morgan fingerprint density at radius 3 is 2.53 bits per heavy atom. The van der Waals surface area contributed by atoms with Gasteiger partial charge in [-0.2, -0.15) is 0 Å². The van der Waals surface area contributed by atoms with E-state index in [9.17, 15) is 9.90 Å². The molecular formula is C14H19NO2. The van der Waals surface area contributed by atoms with Gasteiger partial charge >= 0.3 is 0 Å². The minimum absolute atomic E-state index is 0.0595. The summed E-state index contributed by atoms with van der Waals surface area (Å²) in [5.41, 5.74) is 0.845. The Bertz CT molecular complexity index is 413. The van der Waals surface area contributed by atoms with Crippen molar-refractivity contribution in [1.82, 2.24) is 4.90 Å². The Balaban J connectivity index is 2.24. The zero-order valence-corrected chi connectivity index (χ0v) is 10.4. The van der Waals surface area contributed by atoms with Crippen LogP contribution in [-0.4, -0.2) is 35.9 Å². The van der Waals surface area contributed by atoms with Crippen LogP contribution < -0.4 is 0 Å². The molecule has 1 aliphatic rings. The number of likely N-dealkylation sites (N-methyl/N-ethyl adjacent to an activating group) is 1. The zero-order chi connectivity index (χ0) is 12.5. The summed E-state index contributed by atoms with van der Waals surface area (Å²) in [4.78, 5) is 13.3. The highest BCUT2D eigenvalue weighted by atomic mass is 16.3. The van der Waals surface area contributed by atoms with Crippen molar-refractivity contribution in [1.29, 1.82) is 0 Å². The second kappa shape index (κ2) is 4.59. The van der Waals surface area contributed by atoms with Gasteiger partial charge in [0.15, 0.2) is 5.78 Å². The highest BCUT2D eigenvalue weighted by Gasteiger charge is 2.33. The molecule has 0 aromatic heterocycles. The van der Waals surface area contributed by atoms with Crippen molar-refractivity contribution < 1.29 is 9.90 Å². The van der Waals surface area contributed by atoms with Crippen LogP contribution in [0.1, 0.15) is 35.7 Å². The van der Waals surface area contributed by atoms with E-state index in [1.807, 2.05) is 19.2 Å². The number of hydrogen-bond donors (Lipinski definition) is 1. The third-order valence-corrected chi connectivity index (χ3v) is 3.49. The lowest BCUT2D eigenvalue weighted by Crippen LogP contribution is -2.44. The number of carbonyl (C=O) groups is 1. The number of likely N-dealkylation sites (tertiary alicyclic amines) is 1. The van der Waals surface area contributed by atoms with Crippen molar-refractivity contribution >= 4 is 5.78 Å². The highest BCUT2D eigenvalue weighted by molar-refractivity contribution is 5.94. The third kappa shape index (κ3) is 2.56. The largest absolute Gasteiger partial charge is 0.384 e. The van der Waals surface area contributed by atoms with Crippen LogP contribution in [-0.2, 0) is 5.60 Å². The predicted molar refractivity (Wildman–Crippen MR) is 67.1 cm³/mol. The molecule has 3 heteroatoms. The van der Waals surface area contributed by atoms with Crippen molar-refractivity contribution in [3.63, 3.8) is 0 Å². The standard InChI is InChI=1S/C14H19NO2/c1-11(16)12-4-6-13(7-5-12)14(17)8-3-9-15(2)10-14/h4-7,17H,3,8-10H2,1-2H3. The molecule has 2 rings (SSSR count). The van der Waals surface area contributed by atoms with E-state index in [-0.39, 0.29) is 5.78 Å². The molecule has 0 aliphatic carbocycles. The summed E-state index contributed by atoms with van der Waals surface area (Å²) in [5.74, 6) is 0.0595. The first-order chi connectivity index (χ1) is 8.01. The third-order valence-electron chi connectivity index (χ3n) is 3.49. The van der Waals surface area contributed by atoms with E-state index in [4.69, 9.17) is 0 Å². The van der Waals surface area contributed by atoms with Crippen molar-refractivity contribution in [2.45, 2.75) is 25.4 Å². The lowest BCUT2D eigenvalue weighted by atomic mass is 9.85. The molecular weight excluding hydrogens is 214 g/mol. The predicted octanol–water partition coefficient (Wildman–Crippen LogP) is 1.80. The molecule has 1 aromatic rings. The van der Waals surface area contributed by atoms with Crippen LogP contribution in [0.25, 0.3) is 0 Å². The molecule has 0 spiro atoms. The average molecular weight is 233 g/mol. The molecule has 1 aliphatic heterocycles. The van der Waals surface area contributed by atoms with E-state index in [1.165, 1.54) is 0 Å². The first-order valence-electron chi connectivity index (χ1n) is 6.04. The van der Waals surface area contributed by atoms with Gasteiger partial charge in [-0.1, -0.05) is 24.3 Å². The minimum Gasteiger partial charge on any atom is -0.384 e. The molecule has 0 saturated carbocycles. The van der Waals surface area contributed by atoms with E-state index in [2.05, 4.69) is 4.90 Å². The van der Waals surface area contributed by atoms with Gasteiger partial charge in [0, 0.05) is 12.1 Å². The molecule has 1 heterocycles. The molecule has 1 saturated heterocycles. The monoisotopic (exact) mass is 233 g/mol. The van der Waals surface area contributed by atoms with Crippen LogP contribution in [0.2, 0.25) is 0 Å². The molecule has 1 fully saturated rings. The van der Waals surface area contributed by atoms with Crippen LogP contribution in [0.3, 0.4) is 0 Å². The molecule has 92 valence electrons. The first kappa shape index (κ1) is 12.3. The summed E-state index contributed by atoms with van der Waals surface area (Å²) in [6.07, 6.45) is 1.79. The molecule has 1 aromatic carbocycles. The number of piperidine rings is 1. The fraction of sp³-hybridized carbons (Fsp3) is 0.500. The van der Waals surface area contributed by atoms with Crippen molar-refractivity contribution in [2.24, 2.45) is 0 Å². The second-order valence-electron chi connectivity index (χ2n) is 5.01. The van der Waals surface area contributed by atoms with Crippen LogP contribution in [0.15, 0.2) is 24.3 Å². The summed E-state index contributed by atoms with van der Waals surface area (Å²) in [6, 6.07) is 7.33. The van der Waals surface area contributed by atoms with Gasteiger partial charge in [-0.15, -0.1) is 0 Å². The molecule has 3 nitrogen and oxygen atoms in total. The van der Waals surface area contributed by atoms with Crippen LogP contribution >= 0.6 is 0 Å². The summed E-state index contributed by atoms with van der Waals surface area (Å²) in [5, 5.41) is 10.6. The van der Waals surface area contributed by atoms with Gasteiger partial charge in [-0.05, 0) is 38.9 Å². The molecule has 0 bridgehead atoms. The molecule has 17 heavy (non-hydrogen) atoms. The maximum absolute atomic E-state index is 11.2. The summed E-state index contributed by atoms with van der Waals surface area (Å²) < 4.78 is 0. The normalized spacial score (nSPS) is 25.8. The van der Waals surface area contributed by atoms with Crippen molar-refractivity contribution in [3.8, 4) is 0 Å². The number of hydrogen-bond acceptors (Lipinski definition) is 3. The summed E-state index contributed by atoms with van der Waals surface area (Å²) in [7, 11) is 2.02. The van der Waals surface area contributed by atoms with Crippen LogP contribution in [0.5, 0.6) is 0 Å². The number of nitrogens with zero attached hydrogens (tertiary/aromatic N) is 1. The van der Waals surface area contributed by atoms with Crippen LogP contribution in [0, 0.1) is 0 Å². The van der Waals surface area contributed by atoms with Gasteiger partial charge in [-0.25, -0.2) is 0 Å². The second-order valence-corrected chi connectivity index (χ2v) is 5.01. The van der Waals surface area contributed by atoms with Gasteiger partial charge in [0.2, 0.25) is 0 Å². The molecule has 1 atom stereocenters. The van der Waals surface area contributed by atoms with E-state index in [1.54, 1.807) is 19.1 Å². The quantitative estimate of drug-likeness (QED) is 0.792. The topological polar surface area (TPSA) is 40.5 Å². The summed E-state index contributed by atoms with van der Waals surface area (Å²) in [6.45, 7) is 3.25. The Labute approximate surface area is 102 Å². The molecule has 1 N–H and O–H groups in total. The smallest absolute Gasteiger partial charge is 0.159 e. The molecule has 0 radical (unpaired) electrons. The lowest BCUT2D eigenvalue weighted by molar-refractivity contribution is -0.0277. The maximum Gasteiger partial charge on any atom is 0.159 e. The first-order valence-corrected chi connectivity index (χ1v) is 6.04. The Kier molecular flexibility index (Phi) is 3.31. The Morgan fingerprint density at radius 2 is 2.00 bits per heavy atom. The average Bonchev–Trinajstić information content (AvgIpc) is 2.29. The maximum atomic E-state index is 11.2. The van der Waals surface area contributed by atoms with Gasteiger partial charge in [0.1, 0.15) is 5.60 Å². The van der Waals surface area contributed by atoms with Crippen LogP contribution in [0.4, 0.5) is 0 Å². The fourth-order valence-electron chi connectivity index (χ4n) is 2.50. The number of Topliss-reactive ketones (excluding diaryl/α,β-unsaturated/α-hetero) is 1. The number of carbonyl (C=O) groups excluding carboxylic acids is 1. The lowest BCUT2D eigenvalue weighted by Gasteiger charge is -2.37. The molecule has 0 amide bonds. The Morgan fingerprint density at radius 1 is 1.35 bits per heavy atom. The SMILES string of the molecule is CC(=O)c1ccc(C2(O)CCCN(C)C2)cc1. The van der Waals surface area contributed by atoms with Gasteiger partial charge < -0.3 is 10.0 Å². The van der Waals surface area contributed by atoms with E-state index in [0.29, 0.717) is 12.1 Å². The Hall–Kier alpha value is -1.19. The van der Waals surface area contributed by atoms with Gasteiger partial charge in [0.25, 0.3) is 0 Å². The molecule has 1 unspecified atom stereocenters. The van der Waals surface area contributed by atoms with Gasteiger partial charge in [0.05, 0.1) is 0 Å². The van der Waals surface area contributed by atoms with E-state index in [0.717, 1.165) is 24.9 Å². The number of rotatable bonds is 2. The van der Waals surface area contributed by atoms with Crippen molar-refractivity contribution in [2.75, 3.05) is 20.1 Å². The number of aliphatic hydroxyl groups is 1. The van der Waals surface area contributed by atoms with E-state index >= 15 is 0 Å². The number of β-amino-alcohol motifs (C(OH)–C–C–N with tert-alkyl or cyclic N) is 1. The summed E-state index contributed by atoms with van der Waals surface area (Å²) >= 11 is 0. The fourth-order valence-corrected chi connectivity index (χ4v) is 2.50. The number of ketones is 1. The number of benzene rings is 1. The van der Waals surface area contributed by atoms with E-state index < -0.39 is 5.60 Å². The highest BCUT2D eigenvalue weighted by Crippen LogP contribution is 2.30. The van der Waals surface area contributed by atoms with Gasteiger partial charge in [-0.3, -0.25) is 4.79 Å².